The Labute approximate surface area is 114 Å². The summed E-state index contributed by atoms with van der Waals surface area (Å²) in [6, 6.07) is 7.18. The molecule has 1 aromatic rings. The zero-order chi connectivity index (χ0) is 13.7. The molecule has 0 aliphatic heterocycles. The molecule has 0 unspecified atom stereocenters. The Hall–Kier alpha value is -0.960. The van der Waals surface area contributed by atoms with Gasteiger partial charge in [-0.05, 0) is 37.3 Å². The number of hydrogen-bond acceptors (Lipinski definition) is 1. The predicted octanol–water partition coefficient (Wildman–Crippen LogP) is 4.68. The van der Waals surface area contributed by atoms with Crippen LogP contribution in [0, 0.1) is 5.92 Å². The molecule has 0 amide bonds. The van der Waals surface area contributed by atoms with Crippen LogP contribution in [0.2, 0.25) is 0 Å². The summed E-state index contributed by atoms with van der Waals surface area (Å²) in [5.74, 6) is 0.743. The van der Waals surface area contributed by atoms with Crippen LogP contribution in [-0.4, -0.2) is 6.04 Å². The zero-order valence-corrected chi connectivity index (χ0v) is 11.5. The van der Waals surface area contributed by atoms with Gasteiger partial charge in [0.15, 0.2) is 0 Å². The number of benzene rings is 1. The fourth-order valence-corrected chi connectivity index (χ4v) is 2.92. The maximum absolute atomic E-state index is 12.6. The third kappa shape index (κ3) is 4.27. The van der Waals surface area contributed by atoms with Crippen molar-refractivity contribution in [1.82, 2.24) is 5.32 Å². The molecule has 2 rings (SSSR count). The van der Waals surface area contributed by atoms with E-state index < -0.39 is 6.43 Å². The Morgan fingerprint density at radius 2 is 1.95 bits per heavy atom. The predicted molar refractivity (Wildman–Crippen MR) is 74.3 cm³/mol. The van der Waals surface area contributed by atoms with Crippen molar-refractivity contribution in [2.24, 2.45) is 5.92 Å². The molecule has 0 bridgehead atoms. The lowest BCUT2D eigenvalue weighted by atomic mass is 9.84. The summed E-state index contributed by atoms with van der Waals surface area (Å²) >= 11 is 0. The molecule has 1 saturated carbocycles. The van der Waals surface area contributed by atoms with Gasteiger partial charge < -0.3 is 5.32 Å². The minimum absolute atomic E-state index is 0.115. The summed E-state index contributed by atoms with van der Waals surface area (Å²) in [5, 5.41) is 3.49. The molecule has 3 heteroatoms. The summed E-state index contributed by atoms with van der Waals surface area (Å²) in [6.45, 7) is 2.89. The van der Waals surface area contributed by atoms with Crippen molar-refractivity contribution in [2.75, 3.05) is 0 Å². The molecule has 1 N–H and O–H groups in total. The topological polar surface area (TPSA) is 12.0 Å². The second-order valence-electron chi connectivity index (χ2n) is 5.61. The first-order valence-corrected chi connectivity index (χ1v) is 7.27. The fourth-order valence-electron chi connectivity index (χ4n) is 2.92. The number of halogens is 2. The van der Waals surface area contributed by atoms with Gasteiger partial charge in [-0.25, -0.2) is 8.78 Å². The smallest absolute Gasteiger partial charge is 0.263 e. The lowest BCUT2D eigenvalue weighted by Gasteiger charge is -2.28. The van der Waals surface area contributed by atoms with E-state index in [4.69, 9.17) is 0 Å². The first-order valence-electron chi connectivity index (χ1n) is 7.27. The van der Waals surface area contributed by atoms with E-state index in [-0.39, 0.29) is 5.56 Å². The Morgan fingerprint density at radius 1 is 1.21 bits per heavy atom. The Morgan fingerprint density at radius 3 is 2.63 bits per heavy atom. The van der Waals surface area contributed by atoms with Gasteiger partial charge >= 0.3 is 0 Å². The van der Waals surface area contributed by atoms with E-state index in [1.165, 1.54) is 38.2 Å². The lowest BCUT2D eigenvalue weighted by molar-refractivity contribution is 0.151. The van der Waals surface area contributed by atoms with Crippen LogP contribution in [0.1, 0.15) is 56.6 Å². The summed E-state index contributed by atoms with van der Waals surface area (Å²) in [6.07, 6.45) is 4.24. The molecule has 1 aliphatic carbocycles. The Balaban J connectivity index is 1.85. The third-order valence-corrected chi connectivity index (χ3v) is 4.19. The van der Waals surface area contributed by atoms with Crippen LogP contribution in [-0.2, 0) is 6.54 Å². The minimum atomic E-state index is -2.38. The zero-order valence-electron chi connectivity index (χ0n) is 11.5. The molecule has 0 spiro atoms. The van der Waals surface area contributed by atoms with Crippen molar-refractivity contribution in [3.8, 4) is 0 Å². The summed E-state index contributed by atoms with van der Waals surface area (Å²) in [7, 11) is 0. The molecule has 0 heterocycles. The quantitative estimate of drug-likeness (QED) is 0.816. The highest BCUT2D eigenvalue weighted by atomic mass is 19.3. The van der Waals surface area contributed by atoms with Crippen molar-refractivity contribution in [2.45, 2.75) is 58.0 Å². The highest BCUT2D eigenvalue weighted by Crippen LogP contribution is 2.26. The number of nitrogens with one attached hydrogen (secondary N) is 1. The number of hydrogen-bond donors (Lipinski definition) is 1. The molecule has 0 radical (unpaired) electrons. The van der Waals surface area contributed by atoms with E-state index in [9.17, 15) is 8.78 Å². The molecular formula is C16H23F2N. The normalized spacial score (nSPS) is 18.7. The maximum atomic E-state index is 12.6. The molecule has 106 valence electrons. The van der Waals surface area contributed by atoms with Crippen molar-refractivity contribution in [1.29, 1.82) is 0 Å². The van der Waals surface area contributed by atoms with Gasteiger partial charge in [-0.2, -0.15) is 0 Å². The summed E-state index contributed by atoms with van der Waals surface area (Å²) < 4.78 is 25.2. The van der Waals surface area contributed by atoms with E-state index in [2.05, 4.69) is 12.2 Å². The van der Waals surface area contributed by atoms with Crippen LogP contribution in [0.4, 0.5) is 8.78 Å². The Bertz CT molecular complexity index is 386. The van der Waals surface area contributed by atoms with Crippen LogP contribution in [0.3, 0.4) is 0 Å². The lowest BCUT2D eigenvalue weighted by Crippen LogP contribution is -2.34. The SMILES string of the molecule is C[C@@H](NCc1cccc(C(F)F)c1)C1CCCCC1. The molecule has 1 atom stereocenters. The van der Waals surface area contributed by atoms with Crippen LogP contribution >= 0.6 is 0 Å². The molecule has 0 aromatic heterocycles. The van der Waals surface area contributed by atoms with Gasteiger partial charge in [-0.15, -0.1) is 0 Å². The van der Waals surface area contributed by atoms with E-state index in [1.54, 1.807) is 12.1 Å². The van der Waals surface area contributed by atoms with E-state index in [0.29, 0.717) is 12.6 Å². The van der Waals surface area contributed by atoms with Crippen molar-refractivity contribution < 1.29 is 8.78 Å². The molecule has 1 fully saturated rings. The van der Waals surface area contributed by atoms with Gasteiger partial charge in [0.05, 0.1) is 0 Å². The second-order valence-corrected chi connectivity index (χ2v) is 5.61. The first kappa shape index (κ1) is 14.4. The van der Waals surface area contributed by atoms with Crippen LogP contribution in [0.15, 0.2) is 24.3 Å². The third-order valence-electron chi connectivity index (χ3n) is 4.19. The van der Waals surface area contributed by atoms with Gasteiger partial charge in [-0.1, -0.05) is 37.5 Å². The summed E-state index contributed by atoms with van der Waals surface area (Å²) in [5.41, 5.74) is 1.06. The van der Waals surface area contributed by atoms with Crippen LogP contribution in [0.5, 0.6) is 0 Å². The molecule has 1 aromatic carbocycles. The molecule has 19 heavy (non-hydrogen) atoms. The van der Waals surface area contributed by atoms with E-state index >= 15 is 0 Å². The number of rotatable bonds is 5. The van der Waals surface area contributed by atoms with Crippen molar-refractivity contribution in [3.05, 3.63) is 35.4 Å². The van der Waals surface area contributed by atoms with Crippen LogP contribution in [0.25, 0.3) is 0 Å². The van der Waals surface area contributed by atoms with Crippen molar-refractivity contribution in [3.63, 3.8) is 0 Å². The average molecular weight is 267 g/mol. The highest BCUT2D eigenvalue weighted by molar-refractivity contribution is 5.24. The Kier molecular flexibility index (Phi) is 5.32. The van der Waals surface area contributed by atoms with Gasteiger partial charge in [0, 0.05) is 18.2 Å². The van der Waals surface area contributed by atoms with Crippen LogP contribution < -0.4 is 5.32 Å². The van der Waals surface area contributed by atoms with Gasteiger partial charge in [0.25, 0.3) is 6.43 Å². The monoisotopic (exact) mass is 267 g/mol. The molecule has 1 nitrogen and oxygen atoms in total. The van der Waals surface area contributed by atoms with Gasteiger partial charge in [-0.3, -0.25) is 0 Å². The molecule has 1 aliphatic rings. The summed E-state index contributed by atoms with van der Waals surface area (Å²) in [4.78, 5) is 0. The average Bonchev–Trinajstić information content (AvgIpc) is 2.46. The van der Waals surface area contributed by atoms with Crippen molar-refractivity contribution >= 4 is 0 Å². The number of alkyl halides is 2. The van der Waals surface area contributed by atoms with E-state index in [0.717, 1.165) is 11.5 Å². The van der Waals surface area contributed by atoms with Gasteiger partial charge in [0.2, 0.25) is 0 Å². The second kappa shape index (κ2) is 6.99. The maximum Gasteiger partial charge on any atom is 0.263 e. The van der Waals surface area contributed by atoms with Gasteiger partial charge in [0.1, 0.15) is 0 Å². The fraction of sp³-hybridized carbons (Fsp3) is 0.625. The first-order chi connectivity index (χ1) is 9.16. The minimum Gasteiger partial charge on any atom is -0.310 e. The van der Waals surface area contributed by atoms with E-state index in [1.807, 2.05) is 6.07 Å². The highest BCUT2D eigenvalue weighted by Gasteiger charge is 2.19. The molecule has 0 saturated heterocycles. The molecular weight excluding hydrogens is 244 g/mol. The standard InChI is InChI=1S/C16H23F2N/c1-12(14-7-3-2-4-8-14)19-11-13-6-5-9-15(10-13)16(17)18/h5-6,9-10,12,14,16,19H,2-4,7-8,11H2,1H3/t12-/m1/s1. The largest absolute Gasteiger partial charge is 0.310 e.